The summed E-state index contributed by atoms with van der Waals surface area (Å²) in [7, 11) is 0. The molecule has 3 unspecified atom stereocenters. The van der Waals surface area contributed by atoms with Crippen LogP contribution in [0.3, 0.4) is 0 Å². The number of amides is 4. The third kappa shape index (κ3) is 7.49. The highest BCUT2D eigenvalue weighted by Crippen LogP contribution is 2.40. The predicted octanol–water partition coefficient (Wildman–Crippen LogP) is 2.97. The number of urea groups is 1. The number of thioether (sulfide) groups is 1. The SMILES string of the molecule is Cc1ccccc1CNC(=O)C1N(C(=O)C(O)C(Cc2ccccc2)NC(=O)NC(C)C)CSC1(C)C. The van der Waals surface area contributed by atoms with E-state index in [9.17, 15) is 19.5 Å². The number of aliphatic hydroxyl groups is 1. The molecule has 1 aliphatic rings. The number of rotatable bonds is 9. The molecule has 0 radical (unpaired) electrons. The lowest BCUT2D eigenvalue weighted by atomic mass is 9.97. The number of aliphatic hydroxyl groups excluding tert-OH is 1. The molecule has 37 heavy (non-hydrogen) atoms. The standard InChI is InChI=1S/C28H38N4O4S/c1-18(2)30-27(36)31-22(15-20-12-7-6-8-13-20)23(33)26(35)32-17-37-28(4,5)24(32)25(34)29-16-21-14-10-9-11-19(21)3/h6-14,18,22-24,33H,15-17H2,1-5H3,(H,29,34)(H2,30,31,36). The first-order valence-corrected chi connectivity index (χ1v) is 13.5. The van der Waals surface area contributed by atoms with Crippen molar-refractivity contribution in [2.24, 2.45) is 0 Å². The Kier molecular flexibility index (Phi) is 9.62. The zero-order valence-corrected chi connectivity index (χ0v) is 23.0. The van der Waals surface area contributed by atoms with E-state index in [2.05, 4.69) is 16.0 Å². The van der Waals surface area contributed by atoms with Gasteiger partial charge in [0.25, 0.3) is 5.91 Å². The lowest BCUT2D eigenvalue weighted by molar-refractivity contribution is -0.147. The van der Waals surface area contributed by atoms with Crippen molar-refractivity contribution < 1.29 is 19.5 Å². The molecule has 1 saturated heterocycles. The van der Waals surface area contributed by atoms with E-state index in [1.54, 1.807) is 0 Å². The minimum Gasteiger partial charge on any atom is -0.381 e. The van der Waals surface area contributed by atoms with Crippen molar-refractivity contribution >= 4 is 29.6 Å². The third-order valence-corrected chi connectivity index (χ3v) is 7.83. The summed E-state index contributed by atoms with van der Waals surface area (Å²) in [5, 5.41) is 19.7. The Bertz CT molecular complexity index is 1090. The number of hydrogen-bond donors (Lipinski definition) is 4. The Morgan fingerprint density at radius 3 is 2.35 bits per heavy atom. The van der Waals surface area contributed by atoms with Crippen molar-refractivity contribution in [2.45, 2.75) is 76.6 Å². The van der Waals surface area contributed by atoms with E-state index in [1.165, 1.54) is 16.7 Å². The Morgan fingerprint density at radius 1 is 1.05 bits per heavy atom. The Labute approximate surface area is 223 Å². The van der Waals surface area contributed by atoms with E-state index in [4.69, 9.17) is 0 Å². The Hall–Kier alpha value is -3.04. The van der Waals surface area contributed by atoms with Crippen LogP contribution >= 0.6 is 11.8 Å². The van der Waals surface area contributed by atoms with Gasteiger partial charge in [-0.2, -0.15) is 0 Å². The van der Waals surface area contributed by atoms with Gasteiger partial charge >= 0.3 is 6.03 Å². The quantitative estimate of drug-likeness (QED) is 0.402. The molecule has 3 rings (SSSR count). The van der Waals surface area contributed by atoms with E-state index in [0.29, 0.717) is 6.54 Å². The van der Waals surface area contributed by atoms with Crippen molar-refractivity contribution in [3.05, 3.63) is 71.3 Å². The first-order chi connectivity index (χ1) is 17.5. The highest BCUT2D eigenvalue weighted by Gasteiger charge is 2.49. The number of hydrogen-bond acceptors (Lipinski definition) is 5. The van der Waals surface area contributed by atoms with Crippen LogP contribution in [-0.2, 0) is 22.6 Å². The molecule has 2 aromatic carbocycles. The molecule has 2 aromatic rings. The van der Waals surface area contributed by atoms with Gasteiger partial charge in [-0.3, -0.25) is 9.59 Å². The van der Waals surface area contributed by atoms with Crippen LogP contribution in [0.4, 0.5) is 4.79 Å². The summed E-state index contributed by atoms with van der Waals surface area (Å²) in [6.07, 6.45) is -1.27. The van der Waals surface area contributed by atoms with Gasteiger partial charge < -0.3 is 26.0 Å². The van der Waals surface area contributed by atoms with Gasteiger partial charge in [-0.15, -0.1) is 11.8 Å². The molecule has 4 N–H and O–H groups in total. The zero-order valence-electron chi connectivity index (χ0n) is 22.2. The van der Waals surface area contributed by atoms with E-state index >= 15 is 0 Å². The summed E-state index contributed by atoms with van der Waals surface area (Å²) in [5.41, 5.74) is 2.94. The lowest BCUT2D eigenvalue weighted by Gasteiger charge is -2.33. The average Bonchev–Trinajstić information content (AvgIpc) is 3.17. The van der Waals surface area contributed by atoms with E-state index in [0.717, 1.165) is 16.7 Å². The summed E-state index contributed by atoms with van der Waals surface area (Å²) in [5.74, 6) is -0.592. The normalized spacial score (nSPS) is 18.2. The van der Waals surface area contributed by atoms with Gasteiger partial charge in [0.1, 0.15) is 6.04 Å². The molecule has 0 saturated carbocycles. The largest absolute Gasteiger partial charge is 0.381 e. The Morgan fingerprint density at radius 2 is 1.70 bits per heavy atom. The van der Waals surface area contributed by atoms with Crippen molar-refractivity contribution in [1.82, 2.24) is 20.9 Å². The van der Waals surface area contributed by atoms with Crippen molar-refractivity contribution in [3.8, 4) is 0 Å². The van der Waals surface area contributed by atoms with Crippen molar-refractivity contribution in [3.63, 3.8) is 0 Å². The van der Waals surface area contributed by atoms with Gasteiger partial charge in [0, 0.05) is 17.3 Å². The van der Waals surface area contributed by atoms with Crippen molar-refractivity contribution in [1.29, 1.82) is 0 Å². The van der Waals surface area contributed by atoms with E-state index < -0.39 is 34.9 Å². The fourth-order valence-corrected chi connectivity index (χ4v) is 5.56. The molecule has 1 fully saturated rings. The molecule has 0 spiro atoms. The van der Waals surface area contributed by atoms with Gasteiger partial charge in [-0.05, 0) is 57.7 Å². The molecule has 200 valence electrons. The first kappa shape index (κ1) is 28.5. The van der Waals surface area contributed by atoms with Gasteiger partial charge in [-0.25, -0.2) is 4.79 Å². The minimum absolute atomic E-state index is 0.109. The van der Waals surface area contributed by atoms with Crippen LogP contribution in [0.15, 0.2) is 54.6 Å². The van der Waals surface area contributed by atoms with Crippen LogP contribution in [0.1, 0.15) is 44.4 Å². The average molecular weight is 527 g/mol. The predicted molar refractivity (Wildman–Crippen MR) is 147 cm³/mol. The molecular formula is C28H38N4O4S. The van der Waals surface area contributed by atoms with Crippen molar-refractivity contribution in [2.75, 3.05) is 5.88 Å². The maximum atomic E-state index is 13.6. The molecule has 4 amide bonds. The second kappa shape index (κ2) is 12.5. The maximum absolute atomic E-state index is 13.6. The van der Waals surface area contributed by atoms with Crippen LogP contribution in [0.5, 0.6) is 0 Å². The van der Waals surface area contributed by atoms with Crippen LogP contribution in [0, 0.1) is 6.92 Å². The topological polar surface area (TPSA) is 111 Å². The summed E-state index contributed by atoms with van der Waals surface area (Å²) >= 11 is 1.49. The zero-order chi connectivity index (χ0) is 27.2. The molecule has 1 heterocycles. The second-order valence-electron chi connectivity index (χ2n) is 10.2. The summed E-state index contributed by atoms with van der Waals surface area (Å²) in [6.45, 7) is 9.84. The van der Waals surface area contributed by atoms with Gasteiger partial charge in [0.2, 0.25) is 5.91 Å². The van der Waals surface area contributed by atoms with E-state index in [-0.39, 0.29) is 24.2 Å². The van der Waals surface area contributed by atoms with Gasteiger partial charge in [0.15, 0.2) is 6.10 Å². The van der Waals surface area contributed by atoms with Crippen LogP contribution in [-0.4, -0.2) is 62.7 Å². The second-order valence-corrected chi connectivity index (χ2v) is 11.8. The first-order valence-electron chi connectivity index (χ1n) is 12.5. The number of carbonyl (C=O) groups is 3. The highest BCUT2D eigenvalue weighted by atomic mass is 32.2. The molecular weight excluding hydrogens is 488 g/mol. The molecule has 9 heteroatoms. The fraction of sp³-hybridized carbons (Fsp3) is 0.464. The third-order valence-electron chi connectivity index (χ3n) is 6.46. The highest BCUT2D eigenvalue weighted by molar-refractivity contribution is 8.00. The molecule has 1 aliphatic heterocycles. The summed E-state index contributed by atoms with van der Waals surface area (Å²) < 4.78 is -0.553. The molecule has 3 atom stereocenters. The number of nitrogens with zero attached hydrogens (tertiary/aromatic N) is 1. The van der Waals surface area contributed by atoms with Crippen LogP contribution in [0.25, 0.3) is 0 Å². The smallest absolute Gasteiger partial charge is 0.315 e. The van der Waals surface area contributed by atoms with Gasteiger partial charge in [-0.1, -0.05) is 54.6 Å². The summed E-state index contributed by atoms with van der Waals surface area (Å²) in [6, 6.07) is 14.9. The number of carbonyl (C=O) groups excluding carboxylic acids is 3. The van der Waals surface area contributed by atoms with E-state index in [1.807, 2.05) is 89.2 Å². The van der Waals surface area contributed by atoms with Crippen LogP contribution < -0.4 is 16.0 Å². The molecule has 0 aliphatic carbocycles. The summed E-state index contributed by atoms with van der Waals surface area (Å²) in [4.78, 5) is 40.9. The lowest BCUT2D eigenvalue weighted by Crippen LogP contribution is -2.59. The minimum atomic E-state index is -1.53. The van der Waals surface area contributed by atoms with Gasteiger partial charge in [0.05, 0.1) is 11.9 Å². The Balaban J connectivity index is 1.78. The number of benzene rings is 2. The molecule has 8 nitrogen and oxygen atoms in total. The fourth-order valence-electron chi connectivity index (χ4n) is 4.42. The molecule has 0 bridgehead atoms. The van der Waals surface area contributed by atoms with Crippen LogP contribution in [0.2, 0.25) is 0 Å². The number of aryl methyl sites for hydroxylation is 1. The molecule has 0 aromatic heterocycles. The maximum Gasteiger partial charge on any atom is 0.315 e. The number of nitrogens with one attached hydrogen (secondary N) is 3. The monoisotopic (exact) mass is 526 g/mol.